The van der Waals surface area contributed by atoms with Crippen molar-refractivity contribution in [2.75, 3.05) is 23.8 Å². The van der Waals surface area contributed by atoms with Crippen molar-refractivity contribution in [1.82, 2.24) is 19.7 Å². The Hall–Kier alpha value is -2.64. The van der Waals surface area contributed by atoms with Crippen LogP contribution in [0.4, 0.5) is 11.5 Å². The molecule has 0 bridgehead atoms. The number of nitrogens with zero attached hydrogens (tertiary/aromatic N) is 5. The monoisotopic (exact) mass is 288 g/mol. The lowest BCUT2D eigenvalue weighted by atomic mass is 10.3. The third kappa shape index (κ3) is 2.51. The zero-order chi connectivity index (χ0) is 14.8. The maximum Gasteiger partial charge on any atom is 0.376 e. The van der Waals surface area contributed by atoms with Crippen molar-refractivity contribution in [1.29, 1.82) is 0 Å². The second kappa shape index (κ2) is 5.39. The molecule has 1 aliphatic heterocycles. The van der Waals surface area contributed by atoms with Crippen molar-refractivity contribution >= 4 is 17.5 Å². The van der Waals surface area contributed by atoms with Crippen LogP contribution in [0.3, 0.4) is 0 Å². The molecule has 0 radical (unpaired) electrons. The molecule has 0 fully saturated rings. The van der Waals surface area contributed by atoms with Crippen LogP contribution in [0.25, 0.3) is 0 Å². The summed E-state index contributed by atoms with van der Waals surface area (Å²) in [6, 6.07) is 3.68. The lowest BCUT2D eigenvalue weighted by Crippen LogP contribution is -2.35. The lowest BCUT2D eigenvalue weighted by molar-refractivity contribution is 0.0505. The van der Waals surface area contributed by atoms with E-state index >= 15 is 0 Å². The maximum atomic E-state index is 11.8. The molecule has 2 aromatic rings. The molecular weight excluding hydrogens is 272 g/mol. The van der Waals surface area contributed by atoms with E-state index in [2.05, 4.69) is 20.1 Å². The highest BCUT2D eigenvalue weighted by Gasteiger charge is 2.25. The van der Waals surface area contributed by atoms with E-state index in [0.717, 1.165) is 11.6 Å². The van der Waals surface area contributed by atoms with Gasteiger partial charge in [-0.3, -0.25) is 0 Å². The normalized spacial score (nSPS) is 13.9. The number of hydrogen-bond acceptors (Lipinski definition) is 7. The minimum Gasteiger partial charge on any atom is -0.460 e. The van der Waals surface area contributed by atoms with Gasteiger partial charge in [0.25, 0.3) is 0 Å². The Morgan fingerprint density at radius 2 is 2.24 bits per heavy atom. The SMILES string of the molecule is CCOC(=O)c1nnc2n1CCN(c1ccc(N)cn1)C2. The standard InChI is InChI=1S/C13H16N6O2/c1-2-21-13(20)12-17-16-11-8-18(5-6-19(11)12)10-4-3-9(14)7-15-10/h3-4,7H,2,5-6,8,14H2,1H3. The Labute approximate surface area is 121 Å². The number of aromatic nitrogens is 4. The Balaban J connectivity index is 1.80. The largest absolute Gasteiger partial charge is 0.460 e. The van der Waals surface area contributed by atoms with Gasteiger partial charge in [-0.2, -0.15) is 0 Å². The van der Waals surface area contributed by atoms with Crippen LogP contribution in [0, 0.1) is 0 Å². The van der Waals surface area contributed by atoms with Crippen molar-refractivity contribution < 1.29 is 9.53 Å². The smallest absolute Gasteiger partial charge is 0.376 e. The first kappa shape index (κ1) is 13.3. The van der Waals surface area contributed by atoms with Gasteiger partial charge >= 0.3 is 5.97 Å². The van der Waals surface area contributed by atoms with Crippen molar-refractivity contribution in [2.24, 2.45) is 0 Å². The molecule has 110 valence electrons. The van der Waals surface area contributed by atoms with Gasteiger partial charge in [-0.05, 0) is 19.1 Å². The summed E-state index contributed by atoms with van der Waals surface area (Å²) in [5.74, 6) is 1.38. The van der Waals surface area contributed by atoms with E-state index < -0.39 is 5.97 Å². The average molecular weight is 288 g/mol. The van der Waals surface area contributed by atoms with E-state index in [1.165, 1.54) is 0 Å². The second-order valence-corrected chi connectivity index (χ2v) is 4.68. The predicted octanol–water partition coefficient (Wildman–Crippen LogP) is 0.452. The molecule has 21 heavy (non-hydrogen) atoms. The highest BCUT2D eigenvalue weighted by Crippen LogP contribution is 2.19. The number of anilines is 2. The molecule has 3 rings (SSSR count). The summed E-state index contributed by atoms with van der Waals surface area (Å²) in [6.45, 7) is 3.96. The van der Waals surface area contributed by atoms with Gasteiger partial charge in [0.2, 0.25) is 5.82 Å². The molecule has 8 heteroatoms. The average Bonchev–Trinajstić information content (AvgIpc) is 2.91. The van der Waals surface area contributed by atoms with Crippen LogP contribution in [0.5, 0.6) is 0 Å². The molecule has 1 aliphatic rings. The quantitative estimate of drug-likeness (QED) is 0.819. The van der Waals surface area contributed by atoms with E-state index in [4.69, 9.17) is 10.5 Å². The Bertz CT molecular complexity index is 651. The summed E-state index contributed by atoms with van der Waals surface area (Å²) in [5.41, 5.74) is 6.27. The summed E-state index contributed by atoms with van der Waals surface area (Å²) in [5, 5.41) is 8.00. The van der Waals surface area contributed by atoms with Gasteiger partial charge in [0.15, 0.2) is 5.82 Å². The number of carbonyl (C=O) groups is 1. The van der Waals surface area contributed by atoms with Crippen LogP contribution in [0.2, 0.25) is 0 Å². The third-order valence-corrected chi connectivity index (χ3v) is 3.31. The molecular formula is C13H16N6O2. The minimum absolute atomic E-state index is 0.261. The van der Waals surface area contributed by atoms with Crippen LogP contribution >= 0.6 is 0 Å². The number of pyridine rings is 1. The highest BCUT2D eigenvalue weighted by atomic mass is 16.5. The number of hydrogen-bond donors (Lipinski definition) is 1. The Morgan fingerprint density at radius 1 is 1.38 bits per heavy atom. The molecule has 2 N–H and O–H groups in total. The number of ether oxygens (including phenoxy) is 1. The summed E-state index contributed by atoms with van der Waals surface area (Å²) in [4.78, 5) is 18.1. The lowest BCUT2D eigenvalue weighted by Gasteiger charge is -2.28. The highest BCUT2D eigenvalue weighted by molar-refractivity contribution is 5.85. The number of esters is 1. The summed E-state index contributed by atoms with van der Waals surface area (Å²) < 4.78 is 6.77. The number of fused-ring (bicyclic) bond motifs is 1. The van der Waals surface area contributed by atoms with Crippen molar-refractivity contribution in [3.8, 4) is 0 Å². The Morgan fingerprint density at radius 3 is 2.95 bits per heavy atom. The summed E-state index contributed by atoms with van der Waals surface area (Å²) in [6.07, 6.45) is 1.62. The molecule has 0 spiro atoms. The minimum atomic E-state index is -0.435. The van der Waals surface area contributed by atoms with Crippen LogP contribution in [-0.2, 0) is 17.8 Å². The molecule has 0 saturated carbocycles. The first-order valence-electron chi connectivity index (χ1n) is 6.74. The number of carbonyl (C=O) groups excluding carboxylic acids is 1. The molecule has 0 atom stereocenters. The summed E-state index contributed by atoms with van der Waals surface area (Å²) in [7, 11) is 0. The van der Waals surface area contributed by atoms with E-state index in [-0.39, 0.29) is 5.82 Å². The van der Waals surface area contributed by atoms with Crippen molar-refractivity contribution in [3.05, 3.63) is 30.0 Å². The fraction of sp³-hybridized carbons (Fsp3) is 0.385. The zero-order valence-corrected chi connectivity index (χ0v) is 11.7. The number of nitrogen functional groups attached to an aromatic ring is 1. The molecule has 2 aromatic heterocycles. The molecule has 0 aromatic carbocycles. The van der Waals surface area contributed by atoms with Gasteiger partial charge in [-0.25, -0.2) is 9.78 Å². The molecule has 0 saturated heterocycles. The number of rotatable bonds is 3. The molecule has 0 aliphatic carbocycles. The molecule has 0 unspecified atom stereocenters. The van der Waals surface area contributed by atoms with Gasteiger partial charge in [-0.15, -0.1) is 10.2 Å². The maximum absolute atomic E-state index is 11.8. The predicted molar refractivity (Wildman–Crippen MR) is 75.7 cm³/mol. The van der Waals surface area contributed by atoms with Crippen molar-refractivity contribution in [2.45, 2.75) is 20.0 Å². The van der Waals surface area contributed by atoms with Gasteiger partial charge in [0.1, 0.15) is 5.82 Å². The zero-order valence-electron chi connectivity index (χ0n) is 11.7. The van der Waals surface area contributed by atoms with Gasteiger partial charge in [-0.1, -0.05) is 0 Å². The topological polar surface area (TPSA) is 99.2 Å². The van der Waals surface area contributed by atoms with Crippen LogP contribution < -0.4 is 10.6 Å². The fourth-order valence-corrected chi connectivity index (χ4v) is 2.28. The molecule has 0 amide bonds. The van der Waals surface area contributed by atoms with Crippen LogP contribution in [0.1, 0.15) is 23.4 Å². The first-order valence-corrected chi connectivity index (χ1v) is 6.74. The van der Waals surface area contributed by atoms with Crippen LogP contribution in [-0.4, -0.2) is 38.9 Å². The third-order valence-electron chi connectivity index (χ3n) is 3.31. The van der Waals surface area contributed by atoms with Crippen LogP contribution in [0.15, 0.2) is 18.3 Å². The van der Waals surface area contributed by atoms with Crippen molar-refractivity contribution in [3.63, 3.8) is 0 Å². The van der Waals surface area contributed by atoms with Gasteiger partial charge in [0, 0.05) is 13.1 Å². The van der Waals surface area contributed by atoms with Gasteiger partial charge < -0.3 is 19.9 Å². The molecule has 3 heterocycles. The van der Waals surface area contributed by atoms with E-state index in [0.29, 0.717) is 31.9 Å². The Kier molecular flexibility index (Phi) is 3.43. The van der Waals surface area contributed by atoms with E-state index in [9.17, 15) is 4.79 Å². The fourth-order valence-electron chi connectivity index (χ4n) is 2.28. The summed E-state index contributed by atoms with van der Waals surface area (Å²) >= 11 is 0. The molecule has 8 nitrogen and oxygen atoms in total. The second-order valence-electron chi connectivity index (χ2n) is 4.68. The van der Waals surface area contributed by atoms with E-state index in [1.54, 1.807) is 17.7 Å². The van der Waals surface area contributed by atoms with Gasteiger partial charge in [0.05, 0.1) is 25.0 Å². The van der Waals surface area contributed by atoms with E-state index in [1.807, 2.05) is 12.1 Å². The number of nitrogens with two attached hydrogens (primary N) is 1. The first-order chi connectivity index (χ1) is 10.2.